The highest BCUT2D eigenvalue weighted by atomic mass is 16.4. The van der Waals surface area contributed by atoms with Crippen LogP contribution >= 0.6 is 0 Å². The number of rotatable bonds is 9. The van der Waals surface area contributed by atoms with Crippen LogP contribution in [0.15, 0.2) is 30.3 Å². The largest absolute Gasteiger partial charge is 0.481 e. The van der Waals surface area contributed by atoms with Gasteiger partial charge in [-0.15, -0.1) is 0 Å². The van der Waals surface area contributed by atoms with Crippen molar-refractivity contribution >= 4 is 18.2 Å². The minimum Gasteiger partial charge on any atom is -0.481 e. The first-order chi connectivity index (χ1) is 10.5. The van der Waals surface area contributed by atoms with Crippen molar-refractivity contribution < 1.29 is 24.6 Å². The standard InChI is InChI=1S/C10H13NO2.C6H10O3/c1-11-9(10(12)13)7-8-5-3-2-4-6-8;7-5-3-1-2-4-6(8)9/h2-6,9,11H,7H2,1H3,(H,12,13);5H,1-4H2,(H,8,9). The number of carbonyl (C=O) groups is 3. The highest BCUT2D eigenvalue weighted by Crippen LogP contribution is 2.02. The van der Waals surface area contributed by atoms with Crippen LogP contribution in [0, 0.1) is 0 Å². The van der Waals surface area contributed by atoms with E-state index in [9.17, 15) is 14.4 Å². The molecule has 0 spiro atoms. The number of unbranched alkanes of at least 4 members (excludes halogenated alkanes) is 2. The highest BCUT2D eigenvalue weighted by Gasteiger charge is 2.14. The predicted octanol–water partition coefficient (Wildman–Crippen LogP) is 1.73. The van der Waals surface area contributed by atoms with Crippen molar-refractivity contribution in [2.24, 2.45) is 0 Å². The average Bonchev–Trinajstić information content (AvgIpc) is 2.50. The molecule has 6 nitrogen and oxygen atoms in total. The fraction of sp³-hybridized carbons (Fsp3) is 0.438. The maximum absolute atomic E-state index is 10.7. The first-order valence-electron chi connectivity index (χ1n) is 7.10. The third-order valence-corrected chi connectivity index (χ3v) is 2.89. The van der Waals surface area contributed by atoms with Crippen LogP contribution in [0.1, 0.15) is 31.2 Å². The molecule has 1 aromatic carbocycles. The van der Waals surface area contributed by atoms with Crippen LogP contribution in [0.2, 0.25) is 0 Å². The van der Waals surface area contributed by atoms with E-state index in [1.807, 2.05) is 30.3 Å². The van der Waals surface area contributed by atoms with Gasteiger partial charge in [-0.2, -0.15) is 0 Å². The van der Waals surface area contributed by atoms with Crippen LogP contribution < -0.4 is 5.32 Å². The molecule has 0 radical (unpaired) electrons. The SMILES string of the molecule is CNC(Cc1ccccc1)C(=O)O.O=CCCCCC(=O)O. The van der Waals surface area contributed by atoms with Gasteiger partial charge in [0, 0.05) is 12.8 Å². The Labute approximate surface area is 130 Å². The minimum absolute atomic E-state index is 0.174. The Hall–Kier alpha value is -2.21. The quantitative estimate of drug-likeness (QED) is 0.474. The summed E-state index contributed by atoms with van der Waals surface area (Å²) in [7, 11) is 1.65. The number of likely N-dealkylation sites (N-methyl/N-ethyl adjacent to an activating group) is 1. The molecular formula is C16H23NO5. The second kappa shape index (κ2) is 12.5. The summed E-state index contributed by atoms with van der Waals surface area (Å²) >= 11 is 0. The summed E-state index contributed by atoms with van der Waals surface area (Å²) in [5.41, 5.74) is 1.03. The Kier molecular flexibility index (Phi) is 11.3. The van der Waals surface area contributed by atoms with E-state index in [0.29, 0.717) is 25.7 Å². The van der Waals surface area contributed by atoms with E-state index in [1.165, 1.54) is 0 Å². The van der Waals surface area contributed by atoms with Gasteiger partial charge in [0.1, 0.15) is 12.3 Å². The molecule has 1 unspecified atom stereocenters. The predicted molar refractivity (Wildman–Crippen MR) is 82.8 cm³/mol. The van der Waals surface area contributed by atoms with Gasteiger partial charge < -0.3 is 20.3 Å². The summed E-state index contributed by atoms with van der Waals surface area (Å²) < 4.78 is 0. The topological polar surface area (TPSA) is 104 Å². The number of carboxylic acid groups (broad SMARTS) is 2. The van der Waals surface area contributed by atoms with E-state index in [2.05, 4.69) is 5.32 Å². The monoisotopic (exact) mass is 309 g/mol. The van der Waals surface area contributed by atoms with Gasteiger partial charge in [0.15, 0.2) is 0 Å². The Balaban J connectivity index is 0.000000433. The molecule has 3 N–H and O–H groups in total. The minimum atomic E-state index is -0.814. The smallest absolute Gasteiger partial charge is 0.321 e. The van der Waals surface area contributed by atoms with Gasteiger partial charge in [-0.25, -0.2) is 0 Å². The third kappa shape index (κ3) is 10.6. The lowest BCUT2D eigenvalue weighted by Crippen LogP contribution is -2.35. The maximum Gasteiger partial charge on any atom is 0.321 e. The normalized spacial score (nSPS) is 11.0. The summed E-state index contributed by atoms with van der Waals surface area (Å²) in [5, 5.41) is 19.6. The van der Waals surface area contributed by atoms with Gasteiger partial charge in [0.05, 0.1) is 0 Å². The molecule has 0 saturated heterocycles. The Morgan fingerprint density at radius 3 is 2.27 bits per heavy atom. The van der Waals surface area contributed by atoms with Gasteiger partial charge in [-0.1, -0.05) is 30.3 Å². The lowest BCUT2D eigenvalue weighted by molar-refractivity contribution is -0.139. The van der Waals surface area contributed by atoms with Gasteiger partial charge >= 0.3 is 11.9 Å². The highest BCUT2D eigenvalue weighted by molar-refractivity contribution is 5.73. The molecule has 0 saturated carbocycles. The van der Waals surface area contributed by atoms with Gasteiger partial charge in [-0.05, 0) is 31.9 Å². The molecule has 1 rings (SSSR count). The van der Waals surface area contributed by atoms with Crippen molar-refractivity contribution in [3.05, 3.63) is 35.9 Å². The number of aldehydes is 1. The number of benzene rings is 1. The van der Waals surface area contributed by atoms with Crippen LogP contribution in [0.25, 0.3) is 0 Å². The molecule has 1 aromatic rings. The van der Waals surface area contributed by atoms with Crippen molar-refractivity contribution in [1.29, 1.82) is 0 Å². The molecular weight excluding hydrogens is 286 g/mol. The molecule has 0 amide bonds. The lowest BCUT2D eigenvalue weighted by atomic mass is 10.1. The number of carbonyl (C=O) groups excluding carboxylic acids is 1. The van der Waals surface area contributed by atoms with Crippen molar-refractivity contribution in [2.45, 2.75) is 38.1 Å². The van der Waals surface area contributed by atoms with E-state index in [-0.39, 0.29) is 6.42 Å². The van der Waals surface area contributed by atoms with Gasteiger partial charge in [0.2, 0.25) is 0 Å². The molecule has 0 aliphatic rings. The third-order valence-electron chi connectivity index (χ3n) is 2.89. The van der Waals surface area contributed by atoms with Crippen molar-refractivity contribution in [1.82, 2.24) is 5.32 Å². The van der Waals surface area contributed by atoms with Crippen LogP contribution in [-0.4, -0.2) is 41.5 Å². The number of hydrogen-bond donors (Lipinski definition) is 3. The fourth-order valence-electron chi connectivity index (χ4n) is 1.67. The van der Waals surface area contributed by atoms with Crippen molar-refractivity contribution in [3.63, 3.8) is 0 Å². The van der Waals surface area contributed by atoms with Crippen molar-refractivity contribution in [3.8, 4) is 0 Å². The van der Waals surface area contributed by atoms with E-state index >= 15 is 0 Å². The van der Waals surface area contributed by atoms with Crippen LogP contribution in [0.4, 0.5) is 0 Å². The lowest BCUT2D eigenvalue weighted by Gasteiger charge is -2.10. The number of carboxylic acids is 2. The Morgan fingerprint density at radius 1 is 1.18 bits per heavy atom. The number of hydrogen-bond acceptors (Lipinski definition) is 4. The van der Waals surface area contributed by atoms with E-state index in [0.717, 1.165) is 11.8 Å². The summed E-state index contributed by atoms with van der Waals surface area (Å²) in [6.07, 6.45) is 3.28. The molecule has 1 atom stereocenters. The van der Waals surface area contributed by atoms with Crippen molar-refractivity contribution in [2.75, 3.05) is 7.05 Å². The van der Waals surface area contributed by atoms with Crippen LogP contribution in [0.3, 0.4) is 0 Å². The zero-order valence-corrected chi connectivity index (χ0v) is 12.7. The Bertz CT molecular complexity index is 447. The number of nitrogens with one attached hydrogen (secondary N) is 1. The van der Waals surface area contributed by atoms with Gasteiger partial charge in [0.25, 0.3) is 0 Å². The van der Waals surface area contributed by atoms with Gasteiger partial charge in [-0.3, -0.25) is 9.59 Å². The summed E-state index contributed by atoms with van der Waals surface area (Å²) in [6.45, 7) is 0. The molecule has 6 heteroatoms. The zero-order valence-electron chi connectivity index (χ0n) is 12.7. The van der Waals surface area contributed by atoms with Crippen LogP contribution in [0.5, 0.6) is 0 Å². The summed E-state index contributed by atoms with van der Waals surface area (Å²) in [4.78, 5) is 30.2. The average molecular weight is 309 g/mol. The van der Waals surface area contributed by atoms with Crippen LogP contribution in [-0.2, 0) is 20.8 Å². The second-order valence-corrected chi connectivity index (χ2v) is 4.68. The fourth-order valence-corrected chi connectivity index (χ4v) is 1.67. The van der Waals surface area contributed by atoms with E-state index in [1.54, 1.807) is 7.05 Å². The molecule has 0 aliphatic carbocycles. The first-order valence-corrected chi connectivity index (χ1v) is 7.10. The number of aliphatic carboxylic acids is 2. The first kappa shape index (κ1) is 19.8. The molecule has 0 fully saturated rings. The van der Waals surface area contributed by atoms with E-state index < -0.39 is 18.0 Å². The molecule has 0 bridgehead atoms. The zero-order chi connectivity index (χ0) is 16.8. The maximum atomic E-state index is 10.7. The van der Waals surface area contributed by atoms with E-state index in [4.69, 9.17) is 10.2 Å². The Morgan fingerprint density at radius 2 is 1.82 bits per heavy atom. The molecule has 0 heterocycles. The second-order valence-electron chi connectivity index (χ2n) is 4.68. The summed E-state index contributed by atoms with van der Waals surface area (Å²) in [5.74, 6) is -1.60. The molecule has 0 aliphatic heterocycles. The summed E-state index contributed by atoms with van der Waals surface area (Å²) in [6, 6.07) is 9.08. The molecule has 22 heavy (non-hydrogen) atoms. The molecule has 0 aromatic heterocycles. The molecule has 122 valence electrons.